The summed E-state index contributed by atoms with van der Waals surface area (Å²) in [5, 5.41) is 11.9. The van der Waals surface area contributed by atoms with Gasteiger partial charge in [0.1, 0.15) is 36.5 Å². The summed E-state index contributed by atoms with van der Waals surface area (Å²) in [6.45, 7) is 6.65. The molecule has 1 N–H and O–H groups in total. The standard InChI is InChI=1S/C30H34N4O9S/c1-17-10-9-13-23(14-17)40-16-25-32-33-30(34(25)22-11-7-6-8-12-22)44-29-26(31-18(2)35)28(42-21(5)38)27(41-20(4)37)24(43-29)15-39-19(3)36/h6-14,24,26-29H,15-16H2,1-5H3,(H,31,35)/t24-,26-,27-,28-,29-/m1/s1. The van der Waals surface area contributed by atoms with E-state index in [-0.39, 0.29) is 13.2 Å². The predicted molar refractivity (Wildman–Crippen MR) is 157 cm³/mol. The van der Waals surface area contributed by atoms with E-state index in [0.717, 1.165) is 23.0 Å². The number of carbonyl (C=O) groups is 4. The van der Waals surface area contributed by atoms with Crippen molar-refractivity contribution in [3.63, 3.8) is 0 Å². The van der Waals surface area contributed by atoms with Crippen molar-refractivity contribution in [1.29, 1.82) is 0 Å². The van der Waals surface area contributed by atoms with E-state index >= 15 is 0 Å². The highest BCUT2D eigenvalue weighted by Gasteiger charge is 2.51. The van der Waals surface area contributed by atoms with Crippen LogP contribution in [0.15, 0.2) is 59.8 Å². The second-order valence-electron chi connectivity index (χ2n) is 10.0. The Bertz CT molecular complexity index is 1480. The van der Waals surface area contributed by atoms with E-state index in [9.17, 15) is 19.2 Å². The lowest BCUT2D eigenvalue weighted by Crippen LogP contribution is -2.65. The van der Waals surface area contributed by atoms with E-state index in [0.29, 0.717) is 16.7 Å². The number of benzene rings is 2. The number of amides is 1. The highest BCUT2D eigenvalue weighted by molar-refractivity contribution is 7.99. The number of thioether (sulfide) groups is 1. The molecule has 44 heavy (non-hydrogen) atoms. The van der Waals surface area contributed by atoms with Crippen molar-refractivity contribution in [2.75, 3.05) is 6.61 Å². The highest BCUT2D eigenvalue weighted by Crippen LogP contribution is 2.36. The summed E-state index contributed by atoms with van der Waals surface area (Å²) in [4.78, 5) is 48.3. The van der Waals surface area contributed by atoms with Gasteiger partial charge in [0.05, 0.1) is 0 Å². The van der Waals surface area contributed by atoms with Crippen molar-refractivity contribution in [1.82, 2.24) is 20.1 Å². The maximum atomic E-state index is 12.4. The summed E-state index contributed by atoms with van der Waals surface area (Å²) in [7, 11) is 0. The van der Waals surface area contributed by atoms with Crippen molar-refractivity contribution in [3.05, 3.63) is 66.0 Å². The van der Waals surface area contributed by atoms with Gasteiger partial charge in [-0.2, -0.15) is 0 Å². The van der Waals surface area contributed by atoms with Gasteiger partial charge in [0.2, 0.25) is 5.91 Å². The number of rotatable bonds is 11. The van der Waals surface area contributed by atoms with Crippen LogP contribution in [-0.4, -0.2) is 75.0 Å². The molecule has 1 amide bonds. The lowest BCUT2D eigenvalue weighted by molar-refractivity contribution is -0.211. The minimum absolute atomic E-state index is 0.0895. The van der Waals surface area contributed by atoms with Crippen molar-refractivity contribution in [2.45, 2.75) is 76.2 Å². The molecule has 1 aliphatic rings. The minimum atomic E-state index is -1.20. The molecule has 0 unspecified atom stereocenters. The van der Waals surface area contributed by atoms with Crippen LogP contribution >= 0.6 is 11.8 Å². The maximum absolute atomic E-state index is 12.4. The third-order valence-electron chi connectivity index (χ3n) is 6.37. The van der Waals surface area contributed by atoms with Gasteiger partial charge in [-0.3, -0.25) is 23.7 Å². The number of esters is 3. The van der Waals surface area contributed by atoms with Crippen LogP contribution in [0.25, 0.3) is 5.69 Å². The van der Waals surface area contributed by atoms with Gasteiger partial charge in [0, 0.05) is 33.4 Å². The summed E-state index contributed by atoms with van der Waals surface area (Å²) >= 11 is 1.10. The van der Waals surface area contributed by atoms with Crippen molar-refractivity contribution in [2.24, 2.45) is 0 Å². The number of carbonyl (C=O) groups excluding carboxylic acids is 4. The molecule has 1 saturated heterocycles. The van der Waals surface area contributed by atoms with Crippen molar-refractivity contribution < 1.29 is 42.9 Å². The zero-order chi connectivity index (χ0) is 31.8. The van der Waals surface area contributed by atoms with Gasteiger partial charge in [0.25, 0.3) is 0 Å². The van der Waals surface area contributed by atoms with Crippen LogP contribution in [0.5, 0.6) is 5.75 Å². The second-order valence-corrected chi connectivity index (χ2v) is 11.1. The molecule has 1 fully saturated rings. The van der Waals surface area contributed by atoms with Crippen LogP contribution in [0, 0.1) is 6.92 Å². The number of para-hydroxylation sites is 1. The fourth-order valence-corrected chi connectivity index (χ4v) is 5.83. The molecule has 4 rings (SSSR count). The number of aromatic nitrogens is 3. The van der Waals surface area contributed by atoms with Gasteiger partial charge in [-0.25, -0.2) is 0 Å². The predicted octanol–water partition coefficient (Wildman–Crippen LogP) is 2.90. The zero-order valence-electron chi connectivity index (χ0n) is 24.9. The van der Waals surface area contributed by atoms with E-state index in [2.05, 4.69) is 15.5 Å². The largest absolute Gasteiger partial charge is 0.486 e. The molecule has 5 atom stereocenters. The van der Waals surface area contributed by atoms with Gasteiger partial charge in [-0.15, -0.1) is 10.2 Å². The highest BCUT2D eigenvalue weighted by atomic mass is 32.2. The van der Waals surface area contributed by atoms with E-state index < -0.39 is 53.6 Å². The normalized spacial score (nSPS) is 21.2. The molecule has 0 aliphatic carbocycles. The first kappa shape index (κ1) is 32.5. The van der Waals surface area contributed by atoms with Crippen molar-refractivity contribution in [3.8, 4) is 11.4 Å². The topological polar surface area (TPSA) is 157 Å². The first-order valence-corrected chi connectivity index (χ1v) is 14.7. The van der Waals surface area contributed by atoms with Gasteiger partial charge < -0.3 is 29.0 Å². The number of hydrogen-bond acceptors (Lipinski definition) is 12. The molecule has 0 bridgehead atoms. The molecule has 0 saturated carbocycles. The number of nitrogens with one attached hydrogen (secondary N) is 1. The number of ether oxygens (including phenoxy) is 5. The lowest BCUT2D eigenvalue weighted by atomic mass is 9.97. The third-order valence-corrected chi connectivity index (χ3v) is 7.48. The summed E-state index contributed by atoms with van der Waals surface area (Å²) < 4.78 is 30.4. The lowest BCUT2D eigenvalue weighted by Gasteiger charge is -2.44. The van der Waals surface area contributed by atoms with E-state index in [1.165, 1.54) is 27.7 Å². The Labute approximate surface area is 258 Å². The molecule has 234 valence electrons. The van der Waals surface area contributed by atoms with Crippen molar-refractivity contribution >= 4 is 35.6 Å². The van der Waals surface area contributed by atoms with Crippen LogP contribution < -0.4 is 10.1 Å². The molecule has 14 heteroatoms. The summed E-state index contributed by atoms with van der Waals surface area (Å²) in [5.41, 5.74) is 0.813. The van der Waals surface area contributed by atoms with Gasteiger partial charge >= 0.3 is 17.9 Å². The molecule has 13 nitrogen and oxygen atoms in total. The fraction of sp³-hybridized carbons (Fsp3) is 0.400. The molecule has 2 aromatic carbocycles. The Balaban J connectivity index is 1.73. The number of aryl methyl sites for hydroxylation is 1. The first-order valence-electron chi connectivity index (χ1n) is 13.8. The minimum Gasteiger partial charge on any atom is -0.486 e. The number of hydrogen-bond donors (Lipinski definition) is 1. The van der Waals surface area contributed by atoms with Crippen LogP contribution in [0.1, 0.15) is 39.1 Å². The molecule has 0 radical (unpaired) electrons. The van der Waals surface area contributed by atoms with Crippen LogP contribution in [0.3, 0.4) is 0 Å². The van der Waals surface area contributed by atoms with E-state index in [4.69, 9.17) is 23.7 Å². The summed E-state index contributed by atoms with van der Waals surface area (Å²) in [6, 6.07) is 16.0. The van der Waals surface area contributed by atoms with Crippen LogP contribution in [0.4, 0.5) is 0 Å². The van der Waals surface area contributed by atoms with E-state index in [1.54, 1.807) is 4.57 Å². The average Bonchev–Trinajstić information content (AvgIpc) is 3.36. The summed E-state index contributed by atoms with van der Waals surface area (Å²) in [5.74, 6) is -1.25. The first-order chi connectivity index (χ1) is 21.0. The Morgan fingerprint density at radius 1 is 0.909 bits per heavy atom. The maximum Gasteiger partial charge on any atom is 0.303 e. The van der Waals surface area contributed by atoms with Gasteiger partial charge in [-0.1, -0.05) is 42.1 Å². The van der Waals surface area contributed by atoms with E-state index in [1.807, 2.05) is 61.5 Å². The molecule has 0 spiro atoms. The number of nitrogens with zero attached hydrogens (tertiary/aromatic N) is 3. The Kier molecular flexibility index (Phi) is 11.0. The molecule has 3 aromatic rings. The molecule has 2 heterocycles. The zero-order valence-corrected chi connectivity index (χ0v) is 25.7. The smallest absolute Gasteiger partial charge is 0.303 e. The Morgan fingerprint density at radius 2 is 1.61 bits per heavy atom. The van der Waals surface area contributed by atoms with Crippen LogP contribution in [0.2, 0.25) is 0 Å². The Hall–Kier alpha value is -4.43. The molecular weight excluding hydrogens is 592 g/mol. The monoisotopic (exact) mass is 626 g/mol. The van der Waals surface area contributed by atoms with Gasteiger partial charge in [0.15, 0.2) is 23.2 Å². The van der Waals surface area contributed by atoms with Crippen LogP contribution in [-0.2, 0) is 44.7 Å². The fourth-order valence-electron chi connectivity index (χ4n) is 4.65. The Morgan fingerprint density at radius 3 is 2.25 bits per heavy atom. The summed E-state index contributed by atoms with van der Waals surface area (Å²) in [6.07, 6.45) is -3.44. The molecular formula is C30H34N4O9S. The quantitative estimate of drug-likeness (QED) is 0.246. The average molecular weight is 627 g/mol. The molecule has 1 aliphatic heterocycles. The SMILES string of the molecule is CC(=O)N[C@@H]1[C@@H](OC(C)=O)[C@H](OC(C)=O)[C@@H](COC(C)=O)O[C@@H]1Sc1nnc(COc2cccc(C)c2)n1-c1ccccc1. The third kappa shape index (κ3) is 8.57. The van der Waals surface area contributed by atoms with Gasteiger partial charge in [-0.05, 0) is 36.8 Å². The second kappa shape index (κ2) is 14.8. The molecule has 1 aromatic heterocycles.